The summed E-state index contributed by atoms with van der Waals surface area (Å²) in [6.07, 6.45) is 5.74. The van der Waals surface area contributed by atoms with Crippen LogP contribution < -0.4 is 11.3 Å². The van der Waals surface area contributed by atoms with Crippen LogP contribution in [0.2, 0.25) is 0 Å². The fourth-order valence-electron chi connectivity index (χ4n) is 0.245. The molecule has 0 bridgehead atoms. The van der Waals surface area contributed by atoms with Crippen LogP contribution in [-0.2, 0) is 4.79 Å². The lowest BCUT2D eigenvalue weighted by molar-refractivity contribution is -0.297. The summed E-state index contributed by atoms with van der Waals surface area (Å²) in [6.45, 7) is 1.81. The van der Waals surface area contributed by atoms with E-state index in [0.717, 1.165) is 6.08 Å². The number of carbonyl (C=O) groups is 1. The molecule has 0 amide bonds. The van der Waals surface area contributed by atoms with Crippen LogP contribution in [0.4, 0.5) is 0 Å². The second-order valence-corrected chi connectivity index (χ2v) is 1.20. The Morgan fingerprint density at radius 2 is 2.00 bits per heavy atom. The van der Waals surface area contributed by atoms with Crippen molar-refractivity contribution >= 4 is 5.97 Å². The smallest absolute Gasteiger partial charge is 0.0642 e. The first kappa shape index (κ1) is 10.8. The lowest BCUT2D eigenvalue weighted by Crippen LogP contribution is -2.18. The molecule has 0 atom stereocenters. The van der Waals surface area contributed by atoms with Crippen LogP contribution in [0, 0.1) is 0 Å². The molecule has 3 heteroatoms. The average Bonchev–Trinajstić information content (AvgIpc) is 1.66. The lowest BCUT2D eigenvalue weighted by atomic mass is 10.4. The van der Waals surface area contributed by atoms with Gasteiger partial charge in [-0.3, -0.25) is 0 Å². The zero-order valence-corrected chi connectivity index (χ0v) is 5.63. The predicted octanol–water partition coefficient (Wildman–Crippen LogP) is 0.245. The largest absolute Gasteiger partial charge is 0.545 e. The van der Waals surface area contributed by atoms with Crippen molar-refractivity contribution in [2.45, 2.75) is 6.92 Å². The minimum atomic E-state index is -1.16. The van der Waals surface area contributed by atoms with Crippen molar-refractivity contribution in [1.29, 1.82) is 0 Å². The Hall–Kier alpha value is -1.09. The molecular weight excluding hydrogens is 118 g/mol. The number of aliphatic carboxylic acids is 1. The van der Waals surface area contributed by atoms with Crippen LogP contribution in [0.25, 0.3) is 0 Å². The van der Waals surface area contributed by atoms with E-state index in [9.17, 15) is 9.90 Å². The van der Waals surface area contributed by atoms with Crippen molar-refractivity contribution in [3.8, 4) is 0 Å². The Bertz CT molecular complexity index is 127. The van der Waals surface area contributed by atoms with E-state index in [-0.39, 0.29) is 6.15 Å². The van der Waals surface area contributed by atoms with Crippen LogP contribution in [0.3, 0.4) is 0 Å². The highest BCUT2D eigenvalue weighted by molar-refractivity contribution is 5.77. The van der Waals surface area contributed by atoms with Crippen molar-refractivity contribution in [2.24, 2.45) is 0 Å². The van der Waals surface area contributed by atoms with Gasteiger partial charge < -0.3 is 16.1 Å². The van der Waals surface area contributed by atoms with Gasteiger partial charge in [0.1, 0.15) is 0 Å². The van der Waals surface area contributed by atoms with E-state index in [4.69, 9.17) is 0 Å². The van der Waals surface area contributed by atoms with Gasteiger partial charge in [0.05, 0.1) is 5.97 Å². The molecule has 0 aliphatic rings. The summed E-state index contributed by atoms with van der Waals surface area (Å²) in [4.78, 5) is 9.64. The molecule has 0 unspecified atom stereocenters. The molecular formula is C6H11NO2. The Kier molecular flexibility index (Phi) is 8.30. The Labute approximate surface area is 54.3 Å². The summed E-state index contributed by atoms with van der Waals surface area (Å²) in [5.41, 5.74) is 0. The molecule has 0 aromatic carbocycles. The summed E-state index contributed by atoms with van der Waals surface area (Å²) in [5, 5.41) is 9.64. The van der Waals surface area contributed by atoms with Crippen LogP contribution in [0.15, 0.2) is 24.3 Å². The van der Waals surface area contributed by atoms with E-state index in [1.54, 1.807) is 19.1 Å². The Morgan fingerprint density at radius 1 is 1.44 bits per heavy atom. The Morgan fingerprint density at radius 3 is 2.33 bits per heavy atom. The summed E-state index contributed by atoms with van der Waals surface area (Å²) in [7, 11) is 0. The fourth-order valence-corrected chi connectivity index (χ4v) is 0.245. The fraction of sp³-hybridized carbons (Fsp3) is 0.167. The van der Waals surface area contributed by atoms with Crippen molar-refractivity contribution < 1.29 is 9.90 Å². The molecule has 0 spiro atoms. The highest BCUT2D eigenvalue weighted by Gasteiger charge is 1.64. The summed E-state index contributed by atoms with van der Waals surface area (Å²) in [5.74, 6) is -1.16. The maximum absolute atomic E-state index is 9.64. The molecule has 0 heterocycles. The molecule has 0 radical (unpaired) electrons. The molecule has 0 aromatic heterocycles. The summed E-state index contributed by atoms with van der Waals surface area (Å²) >= 11 is 0. The van der Waals surface area contributed by atoms with Gasteiger partial charge in [-0.1, -0.05) is 18.2 Å². The quantitative estimate of drug-likeness (QED) is 0.428. The number of quaternary nitrogens is 1. The van der Waals surface area contributed by atoms with Gasteiger partial charge in [0.2, 0.25) is 0 Å². The van der Waals surface area contributed by atoms with Crippen molar-refractivity contribution in [2.75, 3.05) is 0 Å². The summed E-state index contributed by atoms with van der Waals surface area (Å²) < 4.78 is 0. The zero-order chi connectivity index (χ0) is 6.41. The molecule has 3 nitrogen and oxygen atoms in total. The maximum atomic E-state index is 9.64. The van der Waals surface area contributed by atoms with Crippen molar-refractivity contribution in [3.05, 3.63) is 24.3 Å². The molecule has 0 saturated carbocycles. The van der Waals surface area contributed by atoms with Crippen molar-refractivity contribution in [3.63, 3.8) is 0 Å². The van der Waals surface area contributed by atoms with E-state index in [1.807, 2.05) is 0 Å². The van der Waals surface area contributed by atoms with Gasteiger partial charge >= 0.3 is 0 Å². The number of hydrogen-bond donors (Lipinski definition) is 1. The predicted molar refractivity (Wildman–Crippen MR) is 34.9 cm³/mol. The molecule has 0 rings (SSSR count). The highest BCUT2D eigenvalue weighted by atomic mass is 16.4. The van der Waals surface area contributed by atoms with Gasteiger partial charge in [-0.25, -0.2) is 0 Å². The monoisotopic (exact) mass is 129 g/mol. The number of rotatable bonds is 2. The number of carbonyl (C=O) groups excluding carboxylic acids is 1. The van der Waals surface area contributed by atoms with Crippen molar-refractivity contribution in [1.82, 2.24) is 6.15 Å². The van der Waals surface area contributed by atoms with Crippen LogP contribution in [0.1, 0.15) is 6.92 Å². The van der Waals surface area contributed by atoms with Crippen LogP contribution >= 0.6 is 0 Å². The third kappa shape index (κ3) is 10.9. The SMILES string of the molecule is CC=CC=CC(=O)[O-].[NH4+]. The maximum Gasteiger partial charge on any atom is 0.0642 e. The van der Waals surface area contributed by atoms with Gasteiger partial charge in [-0.15, -0.1) is 0 Å². The molecule has 52 valence electrons. The minimum absolute atomic E-state index is 0. The molecule has 0 fully saturated rings. The first-order valence-corrected chi connectivity index (χ1v) is 2.27. The van der Waals surface area contributed by atoms with Crippen LogP contribution in [-0.4, -0.2) is 5.97 Å². The normalized spacial score (nSPS) is 9.89. The van der Waals surface area contributed by atoms with Gasteiger partial charge in [0.25, 0.3) is 0 Å². The summed E-state index contributed by atoms with van der Waals surface area (Å²) in [6, 6.07) is 0. The highest BCUT2D eigenvalue weighted by Crippen LogP contribution is 1.72. The molecule has 0 aromatic rings. The van der Waals surface area contributed by atoms with E-state index in [1.165, 1.54) is 6.08 Å². The lowest BCUT2D eigenvalue weighted by Gasteiger charge is -1.84. The first-order chi connectivity index (χ1) is 3.77. The third-order valence-corrected chi connectivity index (χ3v) is 0.536. The number of hydrogen-bond acceptors (Lipinski definition) is 2. The van der Waals surface area contributed by atoms with Gasteiger partial charge in [0.15, 0.2) is 0 Å². The third-order valence-electron chi connectivity index (χ3n) is 0.536. The van der Waals surface area contributed by atoms with Crippen LogP contribution in [0.5, 0.6) is 0 Å². The molecule has 0 aliphatic heterocycles. The zero-order valence-electron chi connectivity index (χ0n) is 5.63. The van der Waals surface area contributed by atoms with E-state index < -0.39 is 5.97 Å². The van der Waals surface area contributed by atoms with Gasteiger partial charge in [-0.05, 0) is 13.0 Å². The van der Waals surface area contributed by atoms with E-state index in [2.05, 4.69) is 0 Å². The molecule has 4 N–H and O–H groups in total. The van der Waals surface area contributed by atoms with E-state index in [0.29, 0.717) is 0 Å². The minimum Gasteiger partial charge on any atom is -0.545 e. The standard InChI is InChI=1S/C6H8O2.H3N/c1-2-3-4-5-6(7)8;/h2-5H,1H3,(H,7,8);1H3. The van der Waals surface area contributed by atoms with Gasteiger partial charge in [0, 0.05) is 0 Å². The molecule has 0 aliphatic carbocycles. The van der Waals surface area contributed by atoms with E-state index >= 15 is 0 Å². The average molecular weight is 129 g/mol. The van der Waals surface area contributed by atoms with Gasteiger partial charge in [-0.2, -0.15) is 0 Å². The topological polar surface area (TPSA) is 76.6 Å². The second-order valence-electron chi connectivity index (χ2n) is 1.20. The molecule has 0 saturated heterocycles. The number of carboxylic acid groups (broad SMARTS) is 1. The number of allylic oxidation sites excluding steroid dienone is 3. The molecule has 9 heavy (non-hydrogen) atoms. The number of carboxylic acids is 1. The second kappa shape index (κ2) is 6.91. The first-order valence-electron chi connectivity index (χ1n) is 2.27. The Balaban J connectivity index is 0.